The van der Waals surface area contributed by atoms with Crippen molar-refractivity contribution in [1.29, 1.82) is 0 Å². The number of nitrogens with one attached hydrogen (secondary N) is 2. The Balaban J connectivity index is 1.62. The molecule has 2 heterocycles. The van der Waals surface area contributed by atoms with Gasteiger partial charge in [-0.25, -0.2) is 0 Å². The van der Waals surface area contributed by atoms with Gasteiger partial charge in [0, 0.05) is 32.2 Å². The molecule has 2 N–H and O–H groups in total. The summed E-state index contributed by atoms with van der Waals surface area (Å²) in [7, 11) is 3.48. The zero-order chi connectivity index (χ0) is 21.7. The Morgan fingerprint density at radius 1 is 1.20 bits per heavy atom. The van der Waals surface area contributed by atoms with Crippen molar-refractivity contribution >= 4 is 5.91 Å². The van der Waals surface area contributed by atoms with E-state index in [1.165, 1.54) is 29.7 Å². The third-order valence-electron chi connectivity index (χ3n) is 7.11. The van der Waals surface area contributed by atoms with E-state index in [0.717, 1.165) is 51.2 Å². The second kappa shape index (κ2) is 10.6. The summed E-state index contributed by atoms with van der Waals surface area (Å²) in [4.78, 5) is 17.7. The molecule has 2 fully saturated rings. The minimum Gasteiger partial charge on any atom is -0.496 e. The Morgan fingerprint density at radius 3 is 2.57 bits per heavy atom. The fraction of sp³-hybridized carbons (Fsp3) is 0.708. The second-order valence-corrected chi connectivity index (χ2v) is 8.89. The smallest absolute Gasteiger partial charge is 0.237 e. The first-order valence-electron chi connectivity index (χ1n) is 11.5. The fourth-order valence-electron chi connectivity index (χ4n) is 5.15. The molecule has 1 aromatic carbocycles. The van der Waals surface area contributed by atoms with Crippen LogP contribution in [0, 0.1) is 13.8 Å². The van der Waals surface area contributed by atoms with Gasteiger partial charge in [-0.15, -0.1) is 0 Å². The largest absolute Gasteiger partial charge is 0.496 e. The Labute approximate surface area is 182 Å². The molecular formula is C24H40N4O2. The minimum absolute atomic E-state index is 0.0195. The number of rotatable bonds is 8. The van der Waals surface area contributed by atoms with Crippen molar-refractivity contribution in [1.82, 2.24) is 20.4 Å². The summed E-state index contributed by atoms with van der Waals surface area (Å²) in [6.45, 7) is 11.8. The zero-order valence-electron chi connectivity index (χ0n) is 19.5. The van der Waals surface area contributed by atoms with Crippen molar-refractivity contribution in [2.75, 3.05) is 40.3 Å². The normalized spacial score (nSPS) is 23.6. The monoisotopic (exact) mass is 416 g/mol. The predicted molar refractivity (Wildman–Crippen MR) is 122 cm³/mol. The lowest BCUT2D eigenvalue weighted by molar-refractivity contribution is -0.126. The van der Waals surface area contributed by atoms with E-state index in [4.69, 9.17) is 4.74 Å². The summed E-state index contributed by atoms with van der Waals surface area (Å²) in [6, 6.07) is 5.03. The van der Waals surface area contributed by atoms with E-state index in [1.54, 1.807) is 14.2 Å². The minimum atomic E-state index is -0.0195. The molecular weight excluding hydrogens is 376 g/mol. The Kier molecular flexibility index (Phi) is 8.14. The number of likely N-dealkylation sites (tertiary alicyclic amines) is 2. The van der Waals surface area contributed by atoms with Crippen LogP contribution in [0.25, 0.3) is 0 Å². The van der Waals surface area contributed by atoms with Gasteiger partial charge in [-0.05, 0) is 81.9 Å². The van der Waals surface area contributed by atoms with Crippen LogP contribution in [0.2, 0.25) is 0 Å². The second-order valence-electron chi connectivity index (χ2n) is 8.89. The van der Waals surface area contributed by atoms with Gasteiger partial charge in [0.05, 0.1) is 13.2 Å². The number of amides is 1. The lowest BCUT2D eigenvalue weighted by Crippen LogP contribution is -2.51. The van der Waals surface area contributed by atoms with Crippen molar-refractivity contribution in [3.05, 3.63) is 28.8 Å². The van der Waals surface area contributed by atoms with Gasteiger partial charge in [-0.3, -0.25) is 9.69 Å². The molecule has 2 saturated heterocycles. The average molecular weight is 417 g/mol. The van der Waals surface area contributed by atoms with Crippen molar-refractivity contribution in [3.63, 3.8) is 0 Å². The summed E-state index contributed by atoms with van der Waals surface area (Å²) in [5, 5.41) is 6.63. The van der Waals surface area contributed by atoms with Crippen LogP contribution in [0.4, 0.5) is 0 Å². The van der Waals surface area contributed by atoms with E-state index < -0.39 is 0 Å². The number of likely N-dealkylation sites (N-methyl/N-ethyl adjacent to an activating group) is 1. The molecule has 1 aromatic rings. The van der Waals surface area contributed by atoms with E-state index >= 15 is 0 Å². The standard InChI is InChI=1S/C24H40N4O2/c1-6-11-27-12-9-21(10-13-27)28-16-20(14-22(28)24(29)25-4)26-15-19-7-8-23(30-5)18(3)17(19)2/h7-8,20-22,26H,6,9-16H2,1-5H3,(H,25,29)/t20-,22+/m1/s1. The highest BCUT2D eigenvalue weighted by molar-refractivity contribution is 5.82. The first kappa shape index (κ1) is 23.0. The SMILES string of the molecule is CCCN1CCC(N2C[C@H](NCc3ccc(OC)c(C)c3C)C[C@H]2C(=O)NC)CC1. The van der Waals surface area contributed by atoms with E-state index in [0.29, 0.717) is 12.1 Å². The van der Waals surface area contributed by atoms with Crippen LogP contribution in [0.5, 0.6) is 5.75 Å². The van der Waals surface area contributed by atoms with E-state index in [1.807, 2.05) is 0 Å². The molecule has 1 amide bonds. The molecule has 0 radical (unpaired) electrons. The van der Waals surface area contributed by atoms with Crippen LogP contribution in [0.1, 0.15) is 49.3 Å². The van der Waals surface area contributed by atoms with Crippen molar-refractivity contribution < 1.29 is 9.53 Å². The van der Waals surface area contributed by atoms with Gasteiger partial charge in [0.2, 0.25) is 5.91 Å². The molecule has 0 aromatic heterocycles. The third kappa shape index (κ3) is 5.16. The number of methoxy groups -OCH3 is 1. The highest BCUT2D eigenvalue weighted by atomic mass is 16.5. The van der Waals surface area contributed by atoms with Crippen LogP contribution >= 0.6 is 0 Å². The summed E-state index contributed by atoms with van der Waals surface area (Å²) in [6.07, 6.45) is 4.42. The molecule has 0 saturated carbocycles. The van der Waals surface area contributed by atoms with E-state index in [-0.39, 0.29) is 11.9 Å². The summed E-state index contributed by atoms with van der Waals surface area (Å²) < 4.78 is 5.44. The van der Waals surface area contributed by atoms with Crippen molar-refractivity contribution in [2.24, 2.45) is 0 Å². The first-order chi connectivity index (χ1) is 14.5. The number of piperidine rings is 1. The molecule has 3 rings (SSSR count). The van der Waals surface area contributed by atoms with Gasteiger partial charge in [-0.2, -0.15) is 0 Å². The molecule has 0 bridgehead atoms. The van der Waals surface area contributed by atoms with Gasteiger partial charge >= 0.3 is 0 Å². The molecule has 0 unspecified atom stereocenters. The summed E-state index contributed by atoms with van der Waals surface area (Å²) >= 11 is 0. The number of hydrogen-bond acceptors (Lipinski definition) is 5. The number of ether oxygens (including phenoxy) is 1. The van der Waals surface area contributed by atoms with Gasteiger partial charge in [0.1, 0.15) is 5.75 Å². The maximum atomic E-state index is 12.6. The maximum Gasteiger partial charge on any atom is 0.237 e. The molecule has 168 valence electrons. The molecule has 0 spiro atoms. The number of benzene rings is 1. The van der Waals surface area contributed by atoms with E-state index in [9.17, 15) is 4.79 Å². The molecule has 2 atom stereocenters. The van der Waals surface area contributed by atoms with Crippen LogP contribution in [0.15, 0.2) is 12.1 Å². The molecule has 2 aliphatic heterocycles. The van der Waals surface area contributed by atoms with Crippen LogP contribution in [-0.4, -0.2) is 74.2 Å². The topological polar surface area (TPSA) is 56.8 Å². The third-order valence-corrected chi connectivity index (χ3v) is 7.11. The van der Waals surface area contributed by atoms with Crippen molar-refractivity contribution in [3.8, 4) is 5.75 Å². The van der Waals surface area contributed by atoms with Crippen molar-refractivity contribution in [2.45, 2.75) is 71.1 Å². The first-order valence-corrected chi connectivity index (χ1v) is 11.5. The Morgan fingerprint density at radius 2 is 1.93 bits per heavy atom. The molecule has 6 heteroatoms. The Bertz CT molecular complexity index is 715. The maximum absolute atomic E-state index is 12.6. The fourth-order valence-corrected chi connectivity index (χ4v) is 5.15. The molecule has 30 heavy (non-hydrogen) atoms. The quantitative estimate of drug-likeness (QED) is 0.682. The van der Waals surface area contributed by atoms with Crippen LogP contribution in [-0.2, 0) is 11.3 Å². The number of carbonyl (C=O) groups excluding carboxylic acids is 1. The van der Waals surface area contributed by atoms with Crippen LogP contribution in [0.3, 0.4) is 0 Å². The number of carbonyl (C=O) groups is 1. The number of nitrogens with zero attached hydrogens (tertiary/aromatic N) is 2. The molecule has 2 aliphatic rings. The number of hydrogen-bond donors (Lipinski definition) is 2. The summed E-state index contributed by atoms with van der Waals surface area (Å²) in [5.41, 5.74) is 3.78. The van der Waals surface area contributed by atoms with E-state index in [2.05, 4.69) is 53.3 Å². The van der Waals surface area contributed by atoms with Gasteiger partial charge in [0.15, 0.2) is 0 Å². The average Bonchev–Trinajstić information content (AvgIpc) is 3.19. The highest BCUT2D eigenvalue weighted by Crippen LogP contribution is 2.28. The summed E-state index contributed by atoms with van der Waals surface area (Å²) in [5.74, 6) is 1.10. The van der Waals surface area contributed by atoms with Gasteiger partial charge in [-0.1, -0.05) is 13.0 Å². The Hall–Kier alpha value is -1.63. The molecule has 6 nitrogen and oxygen atoms in total. The predicted octanol–water partition coefficient (Wildman–Crippen LogP) is 2.46. The molecule has 0 aliphatic carbocycles. The lowest BCUT2D eigenvalue weighted by Gasteiger charge is -2.38. The highest BCUT2D eigenvalue weighted by Gasteiger charge is 2.40. The lowest BCUT2D eigenvalue weighted by atomic mass is 10.0. The van der Waals surface area contributed by atoms with Gasteiger partial charge in [0.25, 0.3) is 0 Å². The zero-order valence-corrected chi connectivity index (χ0v) is 19.5. The van der Waals surface area contributed by atoms with Gasteiger partial charge < -0.3 is 20.3 Å². The van der Waals surface area contributed by atoms with Crippen LogP contribution < -0.4 is 15.4 Å².